The third-order valence-electron chi connectivity index (χ3n) is 12.3. The second-order valence-electron chi connectivity index (χ2n) is 16.5. The van der Waals surface area contributed by atoms with Gasteiger partial charge in [0.1, 0.15) is 35.6 Å². The van der Waals surface area contributed by atoms with Crippen molar-refractivity contribution in [2.24, 2.45) is 0 Å². The summed E-state index contributed by atoms with van der Waals surface area (Å²) >= 11 is 0. The van der Waals surface area contributed by atoms with Crippen LogP contribution < -0.4 is 30.6 Å². The summed E-state index contributed by atoms with van der Waals surface area (Å²) in [5.74, 6) is -2.09. The van der Waals surface area contributed by atoms with E-state index in [4.69, 9.17) is 4.74 Å². The lowest BCUT2D eigenvalue weighted by Gasteiger charge is -2.37. The number of amides is 3. The van der Waals surface area contributed by atoms with E-state index < -0.39 is 39.3 Å². The fourth-order valence-corrected chi connectivity index (χ4v) is 9.80. The van der Waals surface area contributed by atoms with Gasteiger partial charge in [-0.15, -0.1) is 0 Å². The molecule has 0 spiro atoms. The highest BCUT2D eigenvalue weighted by Gasteiger charge is 2.31. The highest BCUT2D eigenvalue weighted by atomic mass is 32.2. The lowest BCUT2D eigenvalue weighted by Crippen LogP contribution is -2.52. The van der Waals surface area contributed by atoms with Crippen LogP contribution in [0.3, 0.4) is 0 Å². The van der Waals surface area contributed by atoms with Gasteiger partial charge in [0.25, 0.3) is 5.56 Å². The quantitative estimate of drug-likeness (QED) is 0.153. The van der Waals surface area contributed by atoms with Gasteiger partial charge in [-0.2, -0.15) is 18.0 Å². The Morgan fingerprint density at radius 1 is 0.894 bits per heavy atom. The first-order valence-corrected chi connectivity index (χ1v) is 22.9. The van der Waals surface area contributed by atoms with Crippen LogP contribution in [0.1, 0.15) is 49.1 Å². The van der Waals surface area contributed by atoms with E-state index in [0.29, 0.717) is 106 Å². The first-order valence-electron chi connectivity index (χ1n) is 21.5. The van der Waals surface area contributed by atoms with Gasteiger partial charge in [0.15, 0.2) is 11.6 Å². The first kappa shape index (κ1) is 44.1. The van der Waals surface area contributed by atoms with E-state index in [-0.39, 0.29) is 58.9 Å². The molecule has 2 aromatic heterocycles. The van der Waals surface area contributed by atoms with Crippen molar-refractivity contribution in [2.75, 3.05) is 73.8 Å². The van der Waals surface area contributed by atoms with E-state index in [9.17, 15) is 32.9 Å². The molecule has 22 heteroatoms. The average molecular weight is 923 g/mol. The normalized spacial score (nSPS) is 18.7. The van der Waals surface area contributed by atoms with Gasteiger partial charge in [0, 0.05) is 51.4 Å². The number of ether oxygens (including phenoxy) is 1. The number of aromatic nitrogens is 4. The fourth-order valence-electron chi connectivity index (χ4n) is 8.48. The summed E-state index contributed by atoms with van der Waals surface area (Å²) in [6.45, 7) is 4.09. The number of imide groups is 1. The molecule has 4 aliphatic heterocycles. The molecule has 19 nitrogen and oxygen atoms in total. The summed E-state index contributed by atoms with van der Waals surface area (Å²) in [6, 6.07) is 12.5. The van der Waals surface area contributed by atoms with Gasteiger partial charge in [0.2, 0.25) is 23.7 Å². The molecule has 4 fully saturated rings. The van der Waals surface area contributed by atoms with Crippen LogP contribution in [-0.4, -0.2) is 125 Å². The molecule has 4 aliphatic rings. The number of hydrogen-bond donors (Lipinski definition) is 3. The topological polar surface area (TPSA) is 228 Å². The lowest BCUT2D eigenvalue weighted by atomic mass is 9.89. The van der Waals surface area contributed by atoms with E-state index >= 15 is 8.78 Å². The summed E-state index contributed by atoms with van der Waals surface area (Å²) in [7, 11) is -3.96. The van der Waals surface area contributed by atoms with Gasteiger partial charge >= 0.3 is 10.2 Å². The van der Waals surface area contributed by atoms with Crippen molar-refractivity contribution in [1.29, 1.82) is 5.26 Å². The smallest absolute Gasteiger partial charge is 0.301 e. The Labute approximate surface area is 377 Å². The van der Waals surface area contributed by atoms with Crippen molar-refractivity contribution >= 4 is 56.2 Å². The Bertz CT molecular complexity index is 2930. The van der Waals surface area contributed by atoms with Crippen molar-refractivity contribution in [1.82, 2.24) is 38.9 Å². The summed E-state index contributed by atoms with van der Waals surface area (Å²) in [4.78, 5) is 69.9. The molecule has 3 N–H and O–H groups in total. The van der Waals surface area contributed by atoms with E-state index in [1.807, 2.05) is 15.9 Å². The van der Waals surface area contributed by atoms with Gasteiger partial charge in [-0.3, -0.25) is 38.7 Å². The Morgan fingerprint density at radius 2 is 1.65 bits per heavy atom. The maximum atomic E-state index is 15.2. The number of piperazine rings is 1. The highest BCUT2D eigenvalue weighted by Crippen LogP contribution is 2.35. The average Bonchev–Trinajstić information content (AvgIpc) is 3.28. The van der Waals surface area contributed by atoms with Gasteiger partial charge < -0.3 is 19.9 Å². The second kappa shape index (κ2) is 18.4. The van der Waals surface area contributed by atoms with E-state index in [0.717, 1.165) is 12.1 Å². The molecule has 0 aliphatic carbocycles. The zero-order chi connectivity index (χ0) is 46.1. The number of nitrogens with zero attached hydrogens (tertiary/aromatic N) is 9. The molecular formula is C44H44F2N12O7S. The minimum absolute atomic E-state index is 0.00416. The third kappa shape index (κ3) is 9.22. The van der Waals surface area contributed by atoms with Crippen LogP contribution >= 0.6 is 0 Å². The number of anilines is 3. The largest absolute Gasteiger partial charge is 0.453 e. The minimum atomic E-state index is -3.96. The molecule has 5 aromatic rings. The Hall–Kier alpha value is -7.09. The van der Waals surface area contributed by atoms with Crippen molar-refractivity contribution in [2.45, 2.75) is 44.1 Å². The Morgan fingerprint density at radius 3 is 2.33 bits per heavy atom. The molecule has 3 amide bonds. The minimum Gasteiger partial charge on any atom is -0.453 e. The monoisotopic (exact) mass is 922 g/mol. The SMILES string of the molecule is N#Cc1c(NS(=O)(=O)N2CCC2)ccc(F)c1Oc1ccc2ncn(-c3cnc(N4CCN(C(=O)CN5CCC(c6ccc(N[C@H]7CCC(=O)NC7=O)cc6F)CC5)CC4)nc3)c(=O)c2c1. The van der Waals surface area contributed by atoms with Crippen LogP contribution in [-0.2, 0) is 24.6 Å². The number of piperidine rings is 2. The lowest BCUT2D eigenvalue weighted by molar-refractivity contribution is -0.134. The maximum absolute atomic E-state index is 15.2. The molecule has 6 heterocycles. The predicted octanol–water partition coefficient (Wildman–Crippen LogP) is 3.23. The van der Waals surface area contributed by atoms with Crippen molar-refractivity contribution in [3.8, 4) is 23.3 Å². The molecule has 342 valence electrons. The van der Waals surface area contributed by atoms with Crippen LogP contribution in [0.2, 0.25) is 0 Å². The molecule has 4 saturated heterocycles. The van der Waals surface area contributed by atoms with E-state index in [2.05, 4.69) is 35.2 Å². The molecule has 0 saturated carbocycles. The van der Waals surface area contributed by atoms with Gasteiger partial charge in [0.05, 0.1) is 41.2 Å². The van der Waals surface area contributed by atoms with E-state index in [1.165, 1.54) is 51.9 Å². The molecule has 3 aromatic carbocycles. The van der Waals surface area contributed by atoms with Gasteiger partial charge in [-0.25, -0.2) is 23.7 Å². The molecule has 1 atom stereocenters. The van der Waals surface area contributed by atoms with Crippen LogP contribution in [0.5, 0.6) is 11.5 Å². The number of halogens is 2. The standard InChI is InChI=1S/C44H44F2N12O7S/c45-34-5-7-37(53-66(63,64)57-12-1-13-57)33(22-47)41(34)65-30-3-6-36-32(21-30)43(62)58(26-50-36)29-23-48-44(49-24-29)56-18-16-55(17-19-56)40(60)25-54-14-10-27(11-15-54)31-4-2-28(20-35(31)46)51-38-8-9-39(59)52-42(38)61/h2-7,20-21,23-24,26-27,38,51,53H,1,8-19,25H2,(H,52,59,61)/t38-/m0/s1. The summed E-state index contributed by atoms with van der Waals surface area (Å²) < 4.78 is 66.3. The molecule has 66 heavy (non-hydrogen) atoms. The van der Waals surface area contributed by atoms with Crippen molar-refractivity contribution in [3.63, 3.8) is 0 Å². The number of fused-ring (bicyclic) bond motifs is 1. The molecular weight excluding hydrogens is 879 g/mol. The fraction of sp³-hybridized carbons (Fsp3) is 0.364. The zero-order valence-electron chi connectivity index (χ0n) is 35.5. The number of hydrogen-bond acceptors (Lipinski definition) is 14. The number of nitriles is 1. The van der Waals surface area contributed by atoms with Crippen molar-refractivity contribution in [3.05, 3.63) is 100 Å². The number of nitrogens with one attached hydrogen (secondary N) is 3. The second-order valence-corrected chi connectivity index (χ2v) is 18.2. The zero-order valence-corrected chi connectivity index (χ0v) is 36.3. The molecule has 0 radical (unpaired) electrons. The third-order valence-corrected chi connectivity index (χ3v) is 13.9. The number of rotatable bonds is 12. The van der Waals surface area contributed by atoms with Crippen molar-refractivity contribution < 1.29 is 36.3 Å². The van der Waals surface area contributed by atoms with E-state index in [1.54, 1.807) is 12.1 Å². The Kier molecular flexibility index (Phi) is 12.3. The number of benzene rings is 3. The highest BCUT2D eigenvalue weighted by molar-refractivity contribution is 7.90. The van der Waals surface area contributed by atoms with Gasteiger partial charge in [-0.05, 0) is 92.7 Å². The summed E-state index contributed by atoms with van der Waals surface area (Å²) in [6.07, 6.45) is 6.96. The van der Waals surface area contributed by atoms with Crippen LogP contribution in [0.4, 0.5) is 26.1 Å². The number of carbonyl (C=O) groups is 3. The number of likely N-dealkylation sites (tertiary alicyclic amines) is 1. The van der Waals surface area contributed by atoms with Crippen LogP contribution in [0, 0.1) is 23.0 Å². The van der Waals surface area contributed by atoms with Crippen LogP contribution in [0.25, 0.3) is 16.6 Å². The molecule has 0 bridgehead atoms. The Balaban J connectivity index is 0.779. The predicted molar refractivity (Wildman–Crippen MR) is 236 cm³/mol. The number of carbonyl (C=O) groups excluding carboxylic acids is 3. The first-order chi connectivity index (χ1) is 31.8. The molecule has 9 rings (SSSR count). The molecule has 0 unspecified atom stereocenters. The maximum Gasteiger partial charge on any atom is 0.301 e. The van der Waals surface area contributed by atoms with Gasteiger partial charge in [-0.1, -0.05) is 6.07 Å². The summed E-state index contributed by atoms with van der Waals surface area (Å²) in [5.41, 5.74) is 0.690. The summed E-state index contributed by atoms with van der Waals surface area (Å²) in [5, 5.41) is 15.3. The van der Waals surface area contributed by atoms with Crippen LogP contribution in [0.15, 0.2) is 72.0 Å².